The fourth-order valence-corrected chi connectivity index (χ4v) is 1.42. The fourth-order valence-electron chi connectivity index (χ4n) is 1.42. The number of ether oxygens (including phenoxy) is 1. The van der Waals surface area contributed by atoms with E-state index in [1.807, 2.05) is 38.1 Å². The molecule has 1 aromatic rings. The third-order valence-electron chi connectivity index (χ3n) is 1.97. The summed E-state index contributed by atoms with van der Waals surface area (Å²) in [7, 11) is 0. The molecule has 0 aliphatic carbocycles. The van der Waals surface area contributed by atoms with Crippen LogP contribution in [0.2, 0.25) is 0 Å². The summed E-state index contributed by atoms with van der Waals surface area (Å²) in [5, 5.41) is 5.91. The van der Waals surface area contributed by atoms with Crippen molar-refractivity contribution >= 4 is 17.3 Å². The molecular formula is C12H18N2O2. The molecule has 0 heterocycles. The van der Waals surface area contributed by atoms with Crippen molar-refractivity contribution in [3.8, 4) is 0 Å². The van der Waals surface area contributed by atoms with Gasteiger partial charge in [-0.3, -0.25) is 4.79 Å². The fraction of sp³-hybridized carbons (Fsp3) is 0.417. The Balaban J connectivity index is 2.63. The second-order valence-corrected chi connectivity index (χ2v) is 3.50. The first-order chi connectivity index (χ1) is 7.61. The van der Waals surface area contributed by atoms with Crippen LogP contribution in [0, 0.1) is 0 Å². The summed E-state index contributed by atoms with van der Waals surface area (Å²) in [6.07, 6.45) is -0.0439. The predicted octanol–water partition coefficient (Wildman–Crippen LogP) is 2.44. The molecule has 0 saturated heterocycles. The molecule has 1 aromatic carbocycles. The molecule has 0 aromatic heterocycles. The highest BCUT2D eigenvalue weighted by Crippen LogP contribution is 2.15. The van der Waals surface area contributed by atoms with E-state index in [1.54, 1.807) is 0 Å². The summed E-state index contributed by atoms with van der Waals surface area (Å²) in [6, 6.07) is 7.53. The van der Waals surface area contributed by atoms with Gasteiger partial charge in [0, 0.05) is 24.9 Å². The van der Waals surface area contributed by atoms with Crippen LogP contribution in [0.15, 0.2) is 24.3 Å². The molecule has 1 unspecified atom stereocenters. The zero-order chi connectivity index (χ0) is 12.0. The molecule has 1 amide bonds. The van der Waals surface area contributed by atoms with Crippen LogP contribution < -0.4 is 10.6 Å². The summed E-state index contributed by atoms with van der Waals surface area (Å²) in [5.74, 6) is -0.0741. The van der Waals surface area contributed by atoms with E-state index in [4.69, 9.17) is 4.74 Å². The molecule has 16 heavy (non-hydrogen) atoms. The average molecular weight is 222 g/mol. The Labute approximate surface area is 96.0 Å². The van der Waals surface area contributed by atoms with Gasteiger partial charge in [0.25, 0.3) is 0 Å². The first kappa shape index (κ1) is 12.5. The molecule has 0 radical (unpaired) electrons. The van der Waals surface area contributed by atoms with E-state index in [2.05, 4.69) is 10.6 Å². The number of anilines is 2. The Hall–Kier alpha value is -1.55. The van der Waals surface area contributed by atoms with Crippen molar-refractivity contribution in [3.63, 3.8) is 0 Å². The van der Waals surface area contributed by atoms with Crippen molar-refractivity contribution in [1.29, 1.82) is 0 Å². The Bertz CT molecular complexity index is 353. The highest BCUT2D eigenvalue weighted by Gasteiger charge is 2.01. The van der Waals surface area contributed by atoms with Gasteiger partial charge in [-0.25, -0.2) is 0 Å². The molecule has 0 bridgehead atoms. The van der Waals surface area contributed by atoms with Gasteiger partial charge in [0.2, 0.25) is 5.91 Å². The van der Waals surface area contributed by atoms with Gasteiger partial charge in [-0.1, -0.05) is 6.07 Å². The van der Waals surface area contributed by atoms with E-state index in [0.29, 0.717) is 6.61 Å². The summed E-state index contributed by atoms with van der Waals surface area (Å²) in [6.45, 7) is 6.04. The Kier molecular flexibility index (Phi) is 4.79. The monoisotopic (exact) mass is 222 g/mol. The second kappa shape index (κ2) is 6.12. The van der Waals surface area contributed by atoms with Gasteiger partial charge in [0.1, 0.15) is 6.23 Å². The van der Waals surface area contributed by atoms with Crippen molar-refractivity contribution in [2.75, 3.05) is 17.2 Å². The number of benzene rings is 1. The molecule has 0 aliphatic rings. The molecule has 2 N–H and O–H groups in total. The Morgan fingerprint density at radius 1 is 1.44 bits per heavy atom. The number of nitrogens with one attached hydrogen (secondary N) is 2. The van der Waals surface area contributed by atoms with Crippen LogP contribution in [0.1, 0.15) is 20.8 Å². The maximum atomic E-state index is 10.9. The molecule has 1 atom stereocenters. The standard InChI is InChI=1S/C12H18N2O2/c1-4-16-10(3)14-12-7-5-6-11(8-12)13-9(2)15/h5-8,10,14H,4H2,1-3H3,(H,13,15). The third kappa shape index (κ3) is 4.31. The van der Waals surface area contributed by atoms with Crippen molar-refractivity contribution < 1.29 is 9.53 Å². The normalized spacial score (nSPS) is 11.9. The van der Waals surface area contributed by atoms with Crippen LogP contribution in [0.4, 0.5) is 11.4 Å². The molecule has 0 aliphatic heterocycles. The van der Waals surface area contributed by atoms with E-state index in [0.717, 1.165) is 11.4 Å². The summed E-state index contributed by atoms with van der Waals surface area (Å²) < 4.78 is 5.37. The summed E-state index contributed by atoms with van der Waals surface area (Å²) >= 11 is 0. The van der Waals surface area contributed by atoms with Gasteiger partial charge < -0.3 is 15.4 Å². The van der Waals surface area contributed by atoms with Crippen molar-refractivity contribution in [1.82, 2.24) is 0 Å². The topological polar surface area (TPSA) is 50.4 Å². The minimum absolute atomic E-state index is 0.0439. The van der Waals surface area contributed by atoms with E-state index in [9.17, 15) is 4.79 Å². The predicted molar refractivity (Wildman–Crippen MR) is 65.5 cm³/mol. The first-order valence-electron chi connectivity index (χ1n) is 5.37. The van der Waals surface area contributed by atoms with Crippen molar-refractivity contribution in [2.24, 2.45) is 0 Å². The maximum Gasteiger partial charge on any atom is 0.221 e. The lowest BCUT2D eigenvalue weighted by Crippen LogP contribution is -2.19. The van der Waals surface area contributed by atoms with Crippen LogP contribution in [0.3, 0.4) is 0 Å². The molecule has 4 nitrogen and oxygen atoms in total. The average Bonchev–Trinajstić information content (AvgIpc) is 2.17. The quantitative estimate of drug-likeness (QED) is 0.752. The minimum Gasteiger partial charge on any atom is -0.360 e. The molecule has 0 fully saturated rings. The number of amides is 1. The second-order valence-electron chi connectivity index (χ2n) is 3.50. The molecular weight excluding hydrogens is 204 g/mol. The number of carbonyl (C=O) groups is 1. The van der Waals surface area contributed by atoms with Crippen molar-refractivity contribution in [3.05, 3.63) is 24.3 Å². The number of hydrogen-bond donors (Lipinski definition) is 2. The first-order valence-corrected chi connectivity index (χ1v) is 5.37. The minimum atomic E-state index is -0.0741. The summed E-state index contributed by atoms with van der Waals surface area (Å²) in [4.78, 5) is 10.9. The van der Waals surface area contributed by atoms with Crippen LogP contribution >= 0.6 is 0 Å². The largest absolute Gasteiger partial charge is 0.360 e. The van der Waals surface area contributed by atoms with Crippen LogP contribution in [-0.4, -0.2) is 18.7 Å². The summed E-state index contributed by atoms with van der Waals surface area (Å²) in [5.41, 5.74) is 1.70. The molecule has 4 heteroatoms. The Morgan fingerprint density at radius 2 is 2.12 bits per heavy atom. The lowest BCUT2D eigenvalue weighted by molar-refractivity contribution is -0.114. The zero-order valence-corrected chi connectivity index (χ0v) is 9.91. The zero-order valence-electron chi connectivity index (χ0n) is 9.91. The van der Waals surface area contributed by atoms with Crippen molar-refractivity contribution in [2.45, 2.75) is 27.0 Å². The van der Waals surface area contributed by atoms with E-state index in [-0.39, 0.29) is 12.1 Å². The lowest BCUT2D eigenvalue weighted by Gasteiger charge is -2.15. The smallest absolute Gasteiger partial charge is 0.221 e. The van der Waals surface area contributed by atoms with E-state index < -0.39 is 0 Å². The SMILES string of the molecule is CCOC(C)Nc1cccc(NC(C)=O)c1. The highest BCUT2D eigenvalue weighted by atomic mass is 16.5. The molecule has 0 saturated carbocycles. The van der Waals surface area contributed by atoms with Crippen LogP contribution in [0.5, 0.6) is 0 Å². The highest BCUT2D eigenvalue weighted by molar-refractivity contribution is 5.89. The van der Waals surface area contributed by atoms with Gasteiger partial charge in [0.05, 0.1) is 0 Å². The molecule has 0 spiro atoms. The number of rotatable bonds is 5. The van der Waals surface area contributed by atoms with Crippen LogP contribution in [-0.2, 0) is 9.53 Å². The van der Waals surface area contributed by atoms with Gasteiger partial charge >= 0.3 is 0 Å². The van der Waals surface area contributed by atoms with Gasteiger partial charge in [-0.05, 0) is 32.0 Å². The van der Waals surface area contributed by atoms with Gasteiger partial charge in [0.15, 0.2) is 0 Å². The molecule has 88 valence electrons. The Morgan fingerprint density at radius 3 is 2.75 bits per heavy atom. The number of carbonyl (C=O) groups excluding carboxylic acids is 1. The lowest BCUT2D eigenvalue weighted by atomic mass is 10.2. The molecule has 1 rings (SSSR count). The number of hydrogen-bond acceptors (Lipinski definition) is 3. The van der Waals surface area contributed by atoms with E-state index >= 15 is 0 Å². The van der Waals surface area contributed by atoms with Crippen LogP contribution in [0.25, 0.3) is 0 Å². The van der Waals surface area contributed by atoms with Gasteiger partial charge in [-0.15, -0.1) is 0 Å². The third-order valence-corrected chi connectivity index (χ3v) is 1.97. The van der Waals surface area contributed by atoms with Gasteiger partial charge in [-0.2, -0.15) is 0 Å². The maximum absolute atomic E-state index is 10.9. The van der Waals surface area contributed by atoms with E-state index in [1.165, 1.54) is 6.92 Å².